The molecule has 0 aromatic heterocycles. The average molecular weight is 284 g/mol. The normalized spacial score (nSPS) is 25.6. The predicted octanol–water partition coefficient (Wildman–Crippen LogP) is 3.27. The Balaban J connectivity index is 2.29. The summed E-state index contributed by atoms with van der Waals surface area (Å²) in [6.07, 6.45) is 2.23. The number of rotatable bonds is 4. The molecule has 4 heteroatoms. The Morgan fingerprint density at radius 2 is 1.95 bits per heavy atom. The van der Waals surface area contributed by atoms with E-state index in [4.69, 9.17) is 4.74 Å². The number of amides is 1. The van der Waals surface area contributed by atoms with Gasteiger partial charge >= 0.3 is 6.09 Å². The van der Waals surface area contributed by atoms with Crippen LogP contribution in [0.5, 0.6) is 0 Å². The summed E-state index contributed by atoms with van der Waals surface area (Å²) in [6, 6.07) is 0.567. The SMILES string of the molecule is CC1CC(C)(C)CC1NCCN(C)C(=O)OC(C)(C)C. The zero-order valence-electron chi connectivity index (χ0n) is 14.2. The second kappa shape index (κ2) is 6.33. The fourth-order valence-electron chi connectivity index (χ4n) is 3.02. The van der Waals surface area contributed by atoms with Gasteiger partial charge in [-0.05, 0) is 44.9 Å². The van der Waals surface area contributed by atoms with Crippen molar-refractivity contribution in [3.63, 3.8) is 0 Å². The molecule has 0 saturated heterocycles. The molecule has 0 aliphatic heterocycles. The molecule has 118 valence electrons. The molecule has 0 aromatic carbocycles. The summed E-state index contributed by atoms with van der Waals surface area (Å²) in [6.45, 7) is 14.1. The third kappa shape index (κ3) is 5.70. The van der Waals surface area contributed by atoms with E-state index in [2.05, 4.69) is 26.1 Å². The van der Waals surface area contributed by atoms with Crippen LogP contribution in [0, 0.1) is 11.3 Å². The van der Waals surface area contributed by atoms with Crippen LogP contribution in [0.4, 0.5) is 4.79 Å². The summed E-state index contributed by atoms with van der Waals surface area (Å²) >= 11 is 0. The number of ether oxygens (including phenoxy) is 1. The van der Waals surface area contributed by atoms with Crippen molar-refractivity contribution in [3.05, 3.63) is 0 Å². The van der Waals surface area contributed by atoms with Crippen LogP contribution in [-0.2, 0) is 4.74 Å². The molecule has 0 spiro atoms. The first kappa shape index (κ1) is 17.3. The first-order valence-electron chi connectivity index (χ1n) is 7.68. The second-order valence-corrected chi connectivity index (χ2v) is 8.01. The topological polar surface area (TPSA) is 41.6 Å². The van der Waals surface area contributed by atoms with Crippen molar-refractivity contribution in [1.29, 1.82) is 0 Å². The van der Waals surface area contributed by atoms with E-state index < -0.39 is 5.60 Å². The monoisotopic (exact) mass is 284 g/mol. The fourth-order valence-corrected chi connectivity index (χ4v) is 3.02. The van der Waals surface area contributed by atoms with Crippen molar-refractivity contribution in [1.82, 2.24) is 10.2 Å². The van der Waals surface area contributed by atoms with Crippen molar-refractivity contribution in [2.45, 2.75) is 66.0 Å². The average Bonchev–Trinajstić information content (AvgIpc) is 2.49. The van der Waals surface area contributed by atoms with Crippen LogP contribution >= 0.6 is 0 Å². The van der Waals surface area contributed by atoms with Gasteiger partial charge in [-0.3, -0.25) is 0 Å². The van der Waals surface area contributed by atoms with E-state index in [-0.39, 0.29) is 6.09 Å². The molecular weight excluding hydrogens is 252 g/mol. The van der Waals surface area contributed by atoms with E-state index in [1.165, 1.54) is 12.8 Å². The van der Waals surface area contributed by atoms with Crippen LogP contribution in [0.25, 0.3) is 0 Å². The van der Waals surface area contributed by atoms with Gasteiger partial charge in [0.1, 0.15) is 5.60 Å². The molecule has 0 aromatic rings. The maximum Gasteiger partial charge on any atom is 0.410 e. The molecule has 1 amide bonds. The molecule has 0 bridgehead atoms. The van der Waals surface area contributed by atoms with Crippen molar-refractivity contribution in [3.8, 4) is 0 Å². The van der Waals surface area contributed by atoms with E-state index in [0.29, 0.717) is 23.9 Å². The van der Waals surface area contributed by atoms with E-state index in [9.17, 15) is 4.79 Å². The van der Waals surface area contributed by atoms with Gasteiger partial charge in [0.2, 0.25) is 0 Å². The lowest BCUT2D eigenvalue weighted by molar-refractivity contribution is 0.0299. The van der Waals surface area contributed by atoms with Crippen LogP contribution < -0.4 is 5.32 Å². The number of nitrogens with zero attached hydrogens (tertiary/aromatic N) is 1. The number of hydrogen-bond donors (Lipinski definition) is 1. The zero-order valence-corrected chi connectivity index (χ0v) is 14.2. The van der Waals surface area contributed by atoms with Gasteiger partial charge in [-0.1, -0.05) is 20.8 Å². The number of likely N-dealkylation sites (N-methyl/N-ethyl adjacent to an activating group) is 1. The van der Waals surface area contributed by atoms with Gasteiger partial charge in [0.25, 0.3) is 0 Å². The highest BCUT2D eigenvalue weighted by Gasteiger charge is 2.36. The molecule has 1 aliphatic carbocycles. The number of carbonyl (C=O) groups excluding carboxylic acids is 1. The molecule has 2 atom stereocenters. The molecule has 1 saturated carbocycles. The molecule has 4 nitrogen and oxygen atoms in total. The van der Waals surface area contributed by atoms with E-state index >= 15 is 0 Å². The second-order valence-electron chi connectivity index (χ2n) is 8.01. The molecular formula is C16H32N2O2. The van der Waals surface area contributed by atoms with Crippen LogP contribution in [0.2, 0.25) is 0 Å². The highest BCUT2D eigenvalue weighted by molar-refractivity contribution is 5.67. The largest absolute Gasteiger partial charge is 0.444 e. The first-order chi connectivity index (χ1) is 9.00. The standard InChI is InChI=1S/C16H32N2O2/c1-12-10-16(5,6)11-13(12)17-8-9-18(7)14(19)20-15(2,3)4/h12-13,17H,8-11H2,1-7H3. The Bertz CT molecular complexity index is 334. The predicted molar refractivity (Wildman–Crippen MR) is 82.8 cm³/mol. The molecule has 1 fully saturated rings. The van der Waals surface area contributed by atoms with E-state index in [0.717, 1.165) is 6.54 Å². The maximum absolute atomic E-state index is 11.8. The van der Waals surface area contributed by atoms with Gasteiger partial charge < -0.3 is 15.0 Å². The van der Waals surface area contributed by atoms with Gasteiger partial charge in [-0.25, -0.2) is 4.79 Å². The molecule has 0 heterocycles. The molecule has 1 rings (SSSR count). The Kier molecular flexibility index (Phi) is 5.47. The Morgan fingerprint density at radius 1 is 1.35 bits per heavy atom. The molecule has 1 N–H and O–H groups in total. The number of nitrogens with one attached hydrogen (secondary N) is 1. The fraction of sp³-hybridized carbons (Fsp3) is 0.938. The first-order valence-corrected chi connectivity index (χ1v) is 7.68. The summed E-state index contributed by atoms with van der Waals surface area (Å²) in [7, 11) is 1.79. The van der Waals surface area contributed by atoms with Crippen molar-refractivity contribution in [2.75, 3.05) is 20.1 Å². The minimum atomic E-state index is -0.428. The van der Waals surface area contributed by atoms with E-state index in [1.807, 2.05) is 20.8 Å². The van der Waals surface area contributed by atoms with Gasteiger partial charge in [-0.2, -0.15) is 0 Å². The van der Waals surface area contributed by atoms with Crippen LogP contribution in [0.3, 0.4) is 0 Å². The Labute approximate surface area is 124 Å². The quantitative estimate of drug-likeness (QED) is 0.861. The highest BCUT2D eigenvalue weighted by atomic mass is 16.6. The third-order valence-corrected chi connectivity index (χ3v) is 3.89. The number of hydrogen-bond acceptors (Lipinski definition) is 3. The zero-order chi connectivity index (χ0) is 15.6. The van der Waals surface area contributed by atoms with Crippen molar-refractivity contribution >= 4 is 6.09 Å². The minimum absolute atomic E-state index is 0.251. The lowest BCUT2D eigenvalue weighted by atomic mass is 9.91. The summed E-state index contributed by atoms with van der Waals surface area (Å²) < 4.78 is 5.34. The van der Waals surface area contributed by atoms with Gasteiger partial charge in [-0.15, -0.1) is 0 Å². The highest BCUT2D eigenvalue weighted by Crippen LogP contribution is 2.40. The van der Waals surface area contributed by atoms with Gasteiger partial charge in [0, 0.05) is 26.2 Å². The lowest BCUT2D eigenvalue weighted by Gasteiger charge is -2.25. The smallest absolute Gasteiger partial charge is 0.410 e. The molecule has 20 heavy (non-hydrogen) atoms. The van der Waals surface area contributed by atoms with Crippen LogP contribution in [-0.4, -0.2) is 42.8 Å². The van der Waals surface area contributed by atoms with E-state index in [1.54, 1.807) is 11.9 Å². The Hall–Kier alpha value is -0.770. The van der Waals surface area contributed by atoms with Crippen LogP contribution in [0.15, 0.2) is 0 Å². The molecule has 0 radical (unpaired) electrons. The number of carbonyl (C=O) groups is 1. The summed E-state index contributed by atoms with van der Waals surface area (Å²) in [5, 5.41) is 3.59. The van der Waals surface area contributed by atoms with Crippen molar-refractivity contribution in [2.24, 2.45) is 11.3 Å². The van der Waals surface area contributed by atoms with Gasteiger partial charge in [0.05, 0.1) is 0 Å². The lowest BCUT2D eigenvalue weighted by Crippen LogP contribution is -2.41. The summed E-state index contributed by atoms with van der Waals surface area (Å²) in [4.78, 5) is 13.5. The minimum Gasteiger partial charge on any atom is -0.444 e. The summed E-state index contributed by atoms with van der Waals surface area (Å²) in [5.41, 5.74) is 0.0108. The van der Waals surface area contributed by atoms with Crippen LogP contribution in [0.1, 0.15) is 54.4 Å². The third-order valence-electron chi connectivity index (χ3n) is 3.89. The summed E-state index contributed by atoms with van der Waals surface area (Å²) in [5.74, 6) is 0.705. The Morgan fingerprint density at radius 3 is 2.40 bits per heavy atom. The molecule has 2 unspecified atom stereocenters. The maximum atomic E-state index is 11.8. The molecule has 1 aliphatic rings. The van der Waals surface area contributed by atoms with Crippen molar-refractivity contribution < 1.29 is 9.53 Å². The van der Waals surface area contributed by atoms with Gasteiger partial charge in [0.15, 0.2) is 0 Å².